The molecule has 2 heterocycles. The highest BCUT2D eigenvalue weighted by molar-refractivity contribution is 8.00. The van der Waals surface area contributed by atoms with E-state index in [1.807, 2.05) is 13.0 Å². The van der Waals surface area contributed by atoms with E-state index in [1.54, 1.807) is 0 Å². The van der Waals surface area contributed by atoms with Gasteiger partial charge >= 0.3 is 0 Å². The fourth-order valence-corrected chi connectivity index (χ4v) is 3.60. The van der Waals surface area contributed by atoms with Crippen molar-refractivity contribution >= 4 is 17.6 Å². The number of nitrogens with one attached hydrogen (secondary N) is 1. The molecule has 1 aromatic heterocycles. The van der Waals surface area contributed by atoms with Gasteiger partial charge in [0, 0.05) is 41.9 Å². The zero-order chi connectivity index (χ0) is 13.9. The molecule has 0 bridgehead atoms. The number of aromatic nitrogens is 2. The van der Waals surface area contributed by atoms with Crippen LogP contribution in [0, 0.1) is 6.92 Å². The molecule has 0 spiro atoms. The van der Waals surface area contributed by atoms with Crippen LogP contribution in [-0.4, -0.2) is 45.0 Å². The van der Waals surface area contributed by atoms with Gasteiger partial charge < -0.3 is 5.32 Å². The summed E-state index contributed by atoms with van der Waals surface area (Å²) in [5.74, 6) is 3.06. The first-order valence-corrected chi connectivity index (χ1v) is 7.92. The summed E-state index contributed by atoms with van der Waals surface area (Å²) in [5, 5.41) is 3.27. The molecule has 0 saturated carbocycles. The van der Waals surface area contributed by atoms with Gasteiger partial charge in [-0.25, -0.2) is 9.97 Å². The van der Waals surface area contributed by atoms with Gasteiger partial charge in [0.2, 0.25) is 0 Å². The molecule has 2 rings (SSSR count). The second-order valence-corrected chi connectivity index (χ2v) is 7.46. The smallest absolute Gasteiger partial charge is 0.144 e. The second kappa shape index (κ2) is 6.09. The maximum atomic E-state index is 4.59. The van der Waals surface area contributed by atoms with Gasteiger partial charge in [-0.2, -0.15) is 11.8 Å². The van der Waals surface area contributed by atoms with Crippen LogP contribution >= 0.6 is 11.8 Å². The van der Waals surface area contributed by atoms with Crippen molar-refractivity contribution in [3.8, 4) is 0 Å². The fraction of sp³-hybridized carbons (Fsp3) is 0.714. The van der Waals surface area contributed by atoms with Crippen molar-refractivity contribution in [3.05, 3.63) is 17.6 Å². The van der Waals surface area contributed by atoms with Crippen LogP contribution in [0.2, 0.25) is 0 Å². The third kappa shape index (κ3) is 4.35. The number of aryl methyl sites for hydroxylation is 1. The summed E-state index contributed by atoms with van der Waals surface area (Å²) < 4.78 is 0.340. The molecule has 0 atom stereocenters. The summed E-state index contributed by atoms with van der Waals surface area (Å²) >= 11 is 2.05. The van der Waals surface area contributed by atoms with Gasteiger partial charge in [0.1, 0.15) is 11.6 Å². The average Bonchev–Trinajstić information content (AvgIpc) is 2.26. The summed E-state index contributed by atoms with van der Waals surface area (Å²) in [4.78, 5) is 11.6. The minimum atomic E-state index is 0.340. The Bertz CT molecular complexity index is 433. The molecule has 1 saturated heterocycles. The van der Waals surface area contributed by atoms with Crippen molar-refractivity contribution < 1.29 is 0 Å². The van der Waals surface area contributed by atoms with E-state index in [0.29, 0.717) is 4.75 Å². The van der Waals surface area contributed by atoms with Crippen LogP contribution in [0.25, 0.3) is 0 Å². The lowest BCUT2D eigenvalue weighted by Gasteiger charge is -2.37. The van der Waals surface area contributed by atoms with Crippen LogP contribution in [0.1, 0.15) is 32.3 Å². The Hall–Kier alpha value is -0.810. The van der Waals surface area contributed by atoms with E-state index in [4.69, 9.17) is 0 Å². The fourth-order valence-electron chi connectivity index (χ4n) is 2.42. The topological polar surface area (TPSA) is 41.1 Å². The monoisotopic (exact) mass is 280 g/mol. The summed E-state index contributed by atoms with van der Waals surface area (Å²) in [7, 11) is 0. The van der Waals surface area contributed by atoms with E-state index in [-0.39, 0.29) is 0 Å². The molecule has 1 N–H and O–H groups in total. The van der Waals surface area contributed by atoms with Crippen LogP contribution in [-0.2, 0) is 6.54 Å². The van der Waals surface area contributed by atoms with Gasteiger partial charge in [0.15, 0.2) is 0 Å². The molecule has 0 aromatic carbocycles. The molecule has 5 heteroatoms. The molecule has 19 heavy (non-hydrogen) atoms. The minimum Gasteiger partial charge on any atom is -0.370 e. The number of hydrogen-bond acceptors (Lipinski definition) is 5. The average molecular weight is 280 g/mol. The molecular formula is C14H24N4S. The first-order valence-electron chi connectivity index (χ1n) is 6.93. The minimum absolute atomic E-state index is 0.340. The number of rotatable bonds is 4. The normalized spacial score (nSPS) is 19.4. The molecule has 0 unspecified atom stereocenters. The van der Waals surface area contributed by atoms with Gasteiger partial charge in [-0.1, -0.05) is 0 Å². The second-order valence-electron chi connectivity index (χ2n) is 5.66. The number of thioether (sulfide) groups is 1. The van der Waals surface area contributed by atoms with Crippen molar-refractivity contribution in [2.75, 3.05) is 30.7 Å². The molecule has 4 nitrogen and oxygen atoms in total. The van der Waals surface area contributed by atoms with Crippen LogP contribution in [0.4, 0.5) is 5.82 Å². The van der Waals surface area contributed by atoms with E-state index in [1.165, 1.54) is 5.75 Å². The lowest BCUT2D eigenvalue weighted by molar-refractivity contribution is 0.246. The zero-order valence-corrected chi connectivity index (χ0v) is 13.2. The van der Waals surface area contributed by atoms with Crippen LogP contribution in [0.5, 0.6) is 0 Å². The summed E-state index contributed by atoms with van der Waals surface area (Å²) in [6, 6.07) is 2.00. The van der Waals surface area contributed by atoms with E-state index >= 15 is 0 Å². The third-order valence-electron chi connectivity index (χ3n) is 3.13. The molecule has 1 aliphatic heterocycles. The highest BCUT2D eigenvalue weighted by Gasteiger charge is 2.27. The predicted octanol–water partition coefficient (Wildman–Crippen LogP) is 2.54. The molecule has 106 valence electrons. The van der Waals surface area contributed by atoms with Crippen LogP contribution < -0.4 is 5.32 Å². The summed E-state index contributed by atoms with van der Waals surface area (Å²) in [6.45, 7) is 12.7. The first kappa shape index (κ1) is 14.6. The number of anilines is 1. The zero-order valence-electron chi connectivity index (χ0n) is 12.4. The van der Waals surface area contributed by atoms with Crippen molar-refractivity contribution in [2.24, 2.45) is 0 Å². The van der Waals surface area contributed by atoms with Crippen molar-refractivity contribution in [1.29, 1.82) is 0 Å². The quantitative estimate of drug-likeness (QED) is 0.918. The van der Waals surface area contributed by atoms with Gasteiger partial charge in [-0.05, 0) is 27.7 Å². The summed E-state index contributed by atoms with van der Waals surface area (Å²) in [6.07, 6.45) is 0. The predicted molar refractivity (Wildman–Crippen MR) is 82.7 cm³/mol. The molecule has 0 amide bonds. The Morgan fingerprint density at radius 3 is 2.89 bits per heavy atom. The molecule has 1 aliphatic rings. The summed E-state index contributed by atoms with van der Waals surface area (Å²) in [5.41, 5.74) is 1.03. The van der Waals surface area contributed by atoms with Gasteiger partial charge in [0.25, 0.3) is 0 Å². The van der Waals surface area contributed by atoms with Gasteiger partial charge in [-0.3, -0.25) is 4.90 Å². The van der Waals surface area contributed by atoms with Crippen LogP contribution in [0.3, 0.4) is 0 Å². The molecule has 0 aliphatic carbocycles. The van der Waals surface area contributed by atoms with E-state index in [2.05, 4.69) is 52.7 Å². The van der Waals surface area contributed by atoms with E-state index in [9.17, 15) is 0 Å². The van der Waals surface area contributed by atoms with Gasteiger partial charge in [0.05, 0.1) is 6.54 Å². The Balaban J connectivity index is 2.06. The third-order valence-corrected chi connectivity index (χ3v) is 4.43. The Labute approximate surface area is 120 Å². The van der Waals surface area contributed by atoms with Crippen molar-refractivity contribution in [3.63, 3.8) is 0 Å². The first-order chi connectivity index (χ1) is 8.98. The van der Waals surface area contributed by atoms with Crippen molar-refractivity contribution in [1.82, 2.24) is 14.9 Å². The van der Waals surface area contributed by atoms with Crippen LogP contribution in [0.15, 0.2) is 6.07 Å². The molecule has 1 fully saturated rings. The SMILES string of the molecule is CCNc1cc(C)nc(CN2CCSC(C)(C)C2)n1. The van der Waals surface area contributed by atoms with E-state index < -0.39 is 0 Å². The van der Waals surface area contributed by atoms with E-state index in [0.717, 1.165) is 43.5 Å². The maximum Gasteiger partial charge on any atom is 0.144 e. The standard InChI is InChI=1S/C14H24N4S/c1-5-15-12-8-11(2)16-13(17-12)9-18-6-7-19-14(3,4)10-18/h8H,5-7,9-10H2,1-4H3,(H,15,16,17). The highest BCUT2D eigenvalue weighted by Crippen LogP contribution is 2.29. The molecule has 0 radical (unpaired) electrons. The highest BCUT2D eigenvalue weighted by atomic mass is 32.2. The molecular weight excluding hydrogens is 256 g/mol. The maximum absolute atomic E-state index is 4.59. The largest absolute Gasteiger partial charge is 0.370 e. The Morgan fingerprint density at radius 1 is 1.42 bits per heavy atom. The number of hydrogen-bond donors (Lipinski definition) is 1. The lowest BCUT2D eigenvalue weighted by Crippen LogP contribution is -2.42. The molecule has 1 aromatic rings. The Kier molecular flexibility index (Phi) is 4.68. The van der Waals surface area contributed by atoms with Crippen molar-refractivity contribution in [2.45, 2.75) is 39.0 Å². The number of nitrogens with zero attached hydrogens (tertiary/aromatic N) is 3. The van der Waals surface area contributed by atoms with Gasteiger partial charge in [-0.15, -0.1) is 0 Å². The Morgan fingerprint density at radius 2 is 2.21 bits per heavy atom. The lowest BCUT2D eigenvalue weighted by atomic mass is 10.2.